The van der Waals surface area contributed by atoms with E-state index in [1.54, 1.807) is 0 Å². The predicted molar refractivity (Wildman–Crippen MR) is 82.8 cm³/mol. The Bertz CT molecular complexity index is 526. The monoisotopic (exact) mass is 267 g/mol. The van der Waals surface area contributed by atoms with Crippen molar-refractivity contribution in [2.75, 3.05) is 18.1 Å². The first kappa shape index (κ1) is 13.2. The normalized spacial score (nSPS) is 22.8. The topological polar surface area (TPSA) is 23.5 Å². The summed E-state index contributed by atoms with van der Waals surface area (Å²) in [6.45, 7) is 1.31. The maximum atomic E-state index is 9.49. The first-order chi connectivity index (χ1) is 9.88. The second-order valence-corrected chi connectivity index (χ2v) is 5.53. The fraction of sp³-hybridized carbons (Fsp3) is 0.333. The summed E-state index contributed by atoms with van der Waals surface area (Å²) in [6.07, 6.45) is 2.09. The third-order valence-corrected chi connectivity index (χ3v) is 4.24. The third kappa shape index (κ3) is 2.70. The highest BCUT2D eigenvalue weighted by molar-refractivity contribution is 5.49. The van der Waals surface area contributed by atoms with Crippen LogP contribution in [0, 0.1) is 5.92 Å². The fourth-order valence-corrected chi connectivity index (χ4v) is 3.12. The van der Waals surface area contributed by atoms with Crippen molar-refractivity contribution >= 4 is 5.69 Å². The molecule has 1 fully saturated rings. The SMILES string of the molecule is OCC1CCN(c2ccccc2)C(c2ccccc2)C1. The number of benzene rings is 2. The summed E-state index contributed by atoms with van der Waals surface area (Å²) in [4.78, 5) is 2.47. The van der Waals surface area contributed by atoms with Gasteiger partial charge in [0.2, 0.25) is 0 Å². The van der Waals surface area contributed by atoms with Gasteiger partial charge in [-0.3, -0.25) is 0 Å². The molecule has 0 bridgehead atoms. The van der Waals surface area contributed by atoms with Crippen molar-refractivity contribution in [1.29, 1.82) is 0 Å². The van der Waals surface area contributed by atoms with Crippen LogP contribution in [-0.4, -0.2) is 18.3 Å². The molecule has 1 aliphatic rings. The highest BCUT2D eigenvalue weighted by atomic mass is 16.3. The average molecular weight is 267 g/mol. The van der Waals surface area contributed by atoms with Crippen molar-refractivity contribution in [2.45, 2.75) is 18.9 Å². The molecule has 20 heavy (non-hydrogen) atoms. The summed E-state index contributed by atoms with van der Waals surface area (Å²) < 4.78 is 0. The van der Waals surface area contributed by atoms with Gasteiger partial charge in [0.1, 0.15) is 0 Å². The Morgan fingerprint density at radius 1 is 0.950 bits per heavy atom. The van der Waals surface area contributed by atoms with Crippen molar-refractivity contribution in [2.24, 2.45) is 5.92 Å². The minimum absolute atomic E-state index is 0.298. The molecule has 0 aromatic heterocycles. The van der Waals surface area contributed by atoms with E-state index < -0.39 is 0 Å². The van der Waals surface area contributed by atoms with Crippen molar-refractivity contribution in [3.05, 3.63) is 66.2 Å². The lowest BCUT2D eigenvalue weighted by Gasteiger charge is -2.41. The fourth-order valence-electron chi connectivity index (χ4n) is 3.12. The van der Waals surface area contributed by atoms with E-state index in [0.717, 1.165) is 19.4 Å². The van der Waals surface area contributed by atoms with Crippen LogP contribution in [0.25, 0.3) is 0 Å². The molecule has 0 saturated carbocycles. The highest BCUT2D eigenvalue weighted by Gasteiger charge is 2.29. The molecule has 1 N–H and O–H groups in total. The van der Waals surface area contributed by atoms with Gasteiger partial charge >= 0.3 is 0 Å². The van der Waals surface area contributed by atoms with E-state index in [1.807, 2.05) is 0 Å². The van der Waals surface area contributed by atoms with E-state index >= 15 is 0 Å². The van der Waals surface area contributed by atoms with Gasteiger partial charge in [0.05, 0.1) is 6.04 Å². The zero-order chi connectivity index (χ0) is 13.8. The summed E-state index contributed by atoms with van der Waals surface area (Å²) in [5.41, 5.74) is 2.62. The standard InChI is InChI=1S/C18H21NO/c20-14-15-11-12-19(17-9-5-2-6-10-17)18(13-15)16-7-3-1-4-8-16/h1-10,15,18,20H,11-14H2. The second-order valence-electron chi connectivity index (χ2n) is 5.53. The number of piperidine rings is 1. The van der Waals surface area contributed by atoms with E-state index in [0.29, 0.717) is 18.6 Å². The molecular formula is C18H21NO. The molecule has 2 aromatic carbocycles. The lowest BCUT2D eigenvalue weighted by atomic mass is 9.87. The molecule has 0 spiro atoms. The molecule has 2 heteroatoms. The minimum atomic E-state index is 0.298. The van der Waals surface area contributed by atoms with Crippen molar-refractivity contribution in [3.8, 4) is 0 Å². The Kier molecular flexibility index (Phi) is 4.03. The number of hydrogen-bond donors (Lipinski definition) is 1. The quantitative estimate of drug-likeness (QED) is 0.918. The summed E-state index contributed by atoms with van der Waals surface area (Å²) in [5, 5.41) is 9.49. The first-order valence-corrected chi connectivity index (χ1v) is 7.36. The Labute approximate surface area is 120 Å². The third-order valence-electron chi connectivity index (χ3n) is 4.24. The van der Waals surface area contributed by atoms with Gasteiger partial charge in [-0.2, -0.15) is 0 Å². The molecule has 2 atom stereocenters. The molecule has 2 unspecified atom stereocenters. The molecule has 1 aliphatic heterocycles. The zero-order valence-corrected chi connectivity index (χ0v) is 11.7. The van der Waals surface area contributed by atoms with Gasteiger partial charge in [0, 0.05) is 18.8 Å². The molecular weight excluding hydrogens is 246 g/mol. The van der Waals surface area contributed by atoms with E-state index in [9.17, 15) is 5.11 Å². The second kappa shape index (κ2) is 6.10. The molecule has 2 aromatic rings. The van der Waals surface area contributed by atoms with Gasteiger partial charge in [-0.25, -0.2) is 0 Å². The van der Waals surface area contributed by atoms with E-state index in [2.05, 4.69) is 65.6 Å². The van der Waals surface area contributed by atoms with Crippen LogP contribution in [0.15, 0.2) is 60.7 Å². The van der Waals surface area contributed by atoms with Gasteiger partial charge in [-0.05, 0) is 36.5 Å². The van der Waals surface area contributed by atoms with Crippen molar-refractivity contribution in [1.82, 2.24) is 0 Å². The maximum Gasteiger partial charge on any atom is 0.0545 e. The van der Waals surface area contributed by atoms with Crippen LogP contribution < -0.4 is 4.90 Å². The molecule has 104 valence electrons. The average Bonchev–Trinajstić information content (AvgIpc) is 2.56. The number of hydrogen-bond acceptors (Lipinski definition) is 2. The Hall–Kier alpha value is -1.80. The van der Waals surface area contributed by atoms with Crippen LogP contribution >= 0.6 is 0 Å². The van der Waals surface area contributed by atoms with Crippen molar-refractivity contribution in [3.63, 3.8) is 0 Å². The van der Waals surface area contributed by atoms with Gasteiger partial charge in [-0.15, -0.1) is 0 Å². The Morgan fingerprint density at radius 2 is 1.60 bits per heavy atom. The van der Waals surface area contributed by atoms with Crippen LogP contribution in [0.5, 0.6) is 0 Å². The summed E-state index contributed by atoms with van der Waals surface area (Å²) >= 11 is 0. The molecule has 3 rings (SSSR count). The molecule has 2 nitrogen and oxygen atoms in total. The number of aliphatic hydroxyl groups excluding tert-OH is 1. The van der Waals surface area contributed by atoms with E-state index in [4.69, 9.17) is 0 Å². The summed E-state index contributed by atoms with van der Waals surface area (Å²) in [6, 6.07) is 21.6. The first-order valence-electron chi connectivity index (χ1n) is 7.36. The number of nitrogens with zero attached hydrogens (tertiary/aromatic N) is 1. The van der Waals surface area contributed by atoms with Gasteiger partial charge < -0.3 is 10.0 Å². The number of rotatable bonds is 3. The van der Waals surface area contributed by atoms with E-state index in [-0.39, 0.29) is 0 Å². The minimum Gasteiger partial charge on any atom is -0.396 e. The van der Waals surface area contributed by atoms with Crippen molar-refractivity contribution < 1.29 is 5.11 Å². The van der Waals surface area contributed by atoms with Crippen LogP contribution in [0.4, 0.5) is 5.69 Å². The smallest absolute Gasteiger partial charge is 0.0545 e. The molecule has 0 radical (unpaired) electrons. The van der Waals surface area contributed by atoms with Crippen LogP contribution in [0.2, 0.25) is 0 Å². The summed E-state index contributed by atoms with van der Waals surface area (Å²) in [5.74, 6) is 0.417. The highest BCUT2D eigenvalue weighted by Crippen LogP contribution is 2.37. The molecule has 0 amide bonds. The maximum absolute atomic E-state index is 9.49. The van der Waals surface area contributed by atoms with Crippen LogP contribution in [0.3, 0.4) is 0 Å². The number of aliphatic hydroxyl groups is 1. The molecule has 1 heterocycles. The molecule has 0 aliphatic carbocycles. The zero-order valence-electron chi connectivity index (χ0n) is 11.7. The van der Waals surface area contributed by atoms with Gasteiger partial charge in [0.25, 0.3) is 0 Å². The summed E-state index contributed by atoms with van der Waals surface area (Å²) in [7, 11) is 0. The molecule has 1 saturated heterocycles. The Balaban J connectivity index is 1.91. The predicted octanol–water partition coefficient (Wildman–Crippen LogP) is 3.64. The van der Waals surface area contributed by atoms with Gasteiger partial charge in [0.15, 0.2) is 0 Å². The Morgan fingerprint density at radius 3 is 2.25 bits per heavy atom. The lowest BCUT2D eigenvalue weighted by molar-refractivity contribution is 0.188. The number of anilines is 1. The lowest BCUT2D eigenvalue weighted by Crippen LogP contribution is -2.37. The van der Waals surface area contributed by atoms with Gasteiger partial charge in [-0.1, -0.05) is 48.5 Å². The van der Waals surface area contributed by atoms with Crippen LogP contribution in [0.1, 0.15) is 24.4 Å². The number of para-hydroxylation sites is 1. The van der Waals surface area contributed by atoms with Crippen LogP contribution in [-0.2, 0) is 0 Å². The largest absolute Gasteiger partial charge is 0.396 e. The van der Waals surface area contributed by atoms with E-state index in [1.165, 1.54) is 11.3 Å².